The molecule has 2 heterocycles. The molecule has 130 valence electrons. The van der Waals surface area contributed by atoms with E-state index in [4.69, 9.17) is 9.84 Å². The summed E-state index contributed by atoms with van der Waals surface area (Å²) < 4.78 is 7.62. The van der Waals surface area contributed by atoms with Crippen molar-refractivity contribution >= 4 is 17.1 Å². The number of aliphatic carboxylic acids is 1. The number of aromatic nitrogens is 3. The Morgan fingerprint density at radius 2 is 2.08 bits per heavy atom. The minimum absolute atomic E-state index is 0.0501. The molecule has 0 fully saturated rings. The monoisotopic (exact) mass is 339 g/mol. The highest BCUT2D eigenvalue weighted by Crippen LogP contribution is 2.17. The predicted octanol–water partition coefficient (Wildman–Crippen LogP) is 3.23. The van der Waals surface area contributed by atoms with Gasteiger partial charge in [-0.25, -0.2) is 9.97 Å². The zero-order valence-electron chi connectivity index (χ0n) is 14.2. The summed E-state index contributed by atoms with van der Waals surface area (Å²) in [6.45, 7) is 2.92. The Labute approximate surface area is 146 Å². The summed E-state index contributed by atoms with van der Waals surface area (Å²) in [5, 5.41) is 8.99. The van der Waals surface area contributed by atoms with E-state index in [0.29, 0.717) is 19.6 Å². The van der Waals surface area contributed by atoms with Crippen LogP contribution in [0.2, 0.25) is 0 Å². The summed E-state index contributed by atoms with van der Waals surface area (Å²) in [5.74, 6) is 0.873. The van der Waals surface area contributed by atoms with Crippen LogP contribution in [0.4, 0.5) is 0 Å². The van der Waals surface area contributed by atoms with Crippen molar-refractivity contribution in [3.63, 3.8) is 0 Å². The van der Waals surface area contributed by atoms with Gasteiger partial charge in [-0.1, -0.05) is 18.2 Å². The third kappa shape index (κ3) is 4.35. The van der Waals surface area contributed by atoms with E-state index in [1.54, 1.807) is 6.20 Å². The van der Waals surface area contributed by atoms with E-state index in [1.165, 1.54) is 0 Å². The average Bonchev–Trinajstić information content (AvgIpc) is 2.94. The third-order valence-electron chi connectivity index (χ3n) is 3.91. The number of imidazole rings is 1. The lowest BCUT2D eigenvalue weighted by Gasteiger charge is -2.08. The predicted molar refractivity (Wildman–Crippen MR) is 94.8 cm³/mol. The highest BCUT2D eigenvalue weighted by atomic mass is 16.5. The zero-order valence-corrected chi connectivity index (χ0v) is 14.2. The second kappa shape index (κ2) is 7.79. The Kier molecular flexibility index (Phi) is 5.28. The third-order valence-corrected chi connectivity index (χ3v) is 3.91. The lowest BCUT2D eigenvalue weighted by molar-refractivity contribution is -0.137. The molecule has 25 heavy (non-hydrogen) atoms. The van der Waals surface area contributed by atoms with Gasteiger partial charge in [-0.15, -0.1) is 0 Å². The number of hydrogen-bond acceptors (Lipinski definition) is 4. The van der Waals surface area contributed by atoms with Crippen molar-refractivity contribution in [3.05, 3.63) is 54.0 Å². The first kappa shape index (κ1) is 17.0. The first-order valence-corrected chi connectivity index (χ1v) is 8.35. The molecule has 3 aromatic rings. The molecular weight excluding hydrogens is 318 g/mol. The summed E-state index contributed by atoms with van der Waals surface area (Å²) >= 11 is 0. The number of pyridine rings is 1. The van der Waals surface area contributed by atoms with Crippen molar-refractivity contribution < 1.29 is 14.6 Å². The molecule has 0 saturated carbocycles. The lowest BCUT2D eigenvalue weighted by atomic mass is 10.3. The number of carboxylic acids is 1. The number of aryl methyl sites for hydroxylation is 3. The van der Waals surface area contributed by atoms with Gasteiger partial charge in [0, 0.05) is 19.2 Å². The van der Waals surface area contributed by atoms with E-state index in [0.717, 1.165) is 34.7 Å². The summed E-state index contributed by atoms with van der Waals surface area (Å²) in [5.41, 5.74) is 2.59. The van der Waals surface area contributed by atoms with E-state index in [-0.39, 0.29) is 6.42 Å². The maximum Gasteiger partial charge on any atom is 0.305 e. The molecule has 0 aliphatic heterocycles. The standard InChI is InChI=1S/C19H21N3O3/c1-14-12-16-19(20-13-14)22(10-9-18(23)24)17(21-16)8-5-11-25-15-6-3-2-4-7-15/h2-4,6-7,12-13H,5,8-11H2,1H3,(H,23,24). The fourth-order valence-electron chi connectivity index (χ4n) is 2.73. The highest BCUT2D eigenvalue weighted by molar-refractivity contribution is 5.72. The highest BCUT2D eigenvalue weighted by Gasteiger charge is 2.13. The van der Waals surface area contributed by atoms with Gasteiger partial charge in [0.1, 0.15) is 17.1 Å². The van der Waals surface area contributed by atoms with Crippen molar-refractivity contribution in [1.82, 2.24) is 14.5 Å². The quantitative estimate of drug-likeness (QED) is 0.638. The van der Waals surface area contributed by atoms with Gasteiger partial charge in [0.25, 0.3) is 0 Å². The molecule has 3 rings (SSSR count). The second-order valence-electron chi connectivity index (χ2n) is 5.94. The number of rotatable bonds is 8. The van der Waals surface area contributed by atoms with Crippen molar-refractivity contribution in [1.29, 1.82) is 0 Å². The van der Waals surface area contributed by atoms with Crippen LogP contribution in [0.1, 0.15) is 24.2 Å². The Morgan fingerprint density at radius 3 is 2.84 bits per heavy atom. The minimum Gasteiger partial charge on any atom is -0.494 e. The zero-order chi connectivity index (χ0) is 17.6. The Hall–Kier alpha value is -2.89. The number of fused-ring (bicyclic) bond motifs is 1. The summed E-state index contributed by atoms with van der Waals surface area (Å²) in [6, 6.07) is 11.7. The molecule has 1 N–H and O–H groups in total. The van der Waals surface area contributed by atoms with Crippen molar-refractivity contribution in [2.24, 2.45) is 0 Å². The van der Waals surface area contributed by atoms with Crippen LogP contribution in [0, 0.1) is 6.92 Å². The number of carboxylic acid groups (broad SMARTS) is 1. The molecule has 6 heteroatoms. The van der Waals surface area contributed by atoms with Gasteiger partial charge in [0.05, 0.1) is 13.0 Å². The van der Waals surface area contributed by atoms with Crippen LogP contribution in [0.5, 0.6) is 5.75 Å². The fraction of sp³-hybridized carbons (Fsp3) is 0.316. The number of nitrogens with zero attached hydrogens (tertiary/aromatic N) is 3. The van der Waals surface area contributed by atoms with Crippen LogP contribution in [0.25, 0.3) is 11.2 Å². The molecule has 0 atom stereocenters. The molecule has 0 aliphatic rings. The first-order chi connectivity index (χ1) is 12.1. The number of ether oxygens (including phenoxy) is 1. The molecular formula is C19H21N3O3. The molecule has 0 radical (unpaired) electrons. The number of benzene rings is 1. The van der Waals surface area contributed by atoms with Crippen molar-refractivity contribution in [2.75, 3.05) is 6.61 Å². The average molecular weight is 339 g/mol. The largest absolute Gasteiger partial charge is 0.494 e. The second-order valence-corrected chi connectivity index (χ2v) is 5.94. The lowest BCUT2D eigenvalue weighted by Crippen LogP contribution is -2.10. The first-order valence-electron chi connectivity index (χ1n) is 8.35. The van der Waals surface area contributed by atoms with E-state index in [9.17, 15) is 4.79 Å². The Bertz CT molecular complexity index is 859. The van der Waals surface area contributed by atoms with E-state index >= 15 is 0 Å². The summed E-state index contributed by atoms with van der Waals surface area (Å²) in [6.07, 6.45) is 3.34. The van der Waals surface area contributed by atoms with Gasteiger partial charge in [-0.05, 0) is 37.1 Å². The maximum atomic E-state index is 10.9. The molecule has 6 nitrogen and oxygen atoms in total. The number of hydrogen-bond donors (Lipinski definition) is 1. The number of para-hydroxylation sites is 1. The Balaban J connectivity index is 1.70. The molecule has 0 aliphatic carbocycles. The van der Waals surface area contributed by atoms with Crippen LogP contribution < -0.4 is 4.74 Å². The minimum atomic E-state index is -0.827. The van der Waals surface area contributed by atoms with Gasteiger partial charge >= 0.3 is 5.97 Å². The molecule has 0 amide bonds. The van der Waals surface area contributed by atoms with Crippen LogP contribution >= 0.6 is 0 Å². The van der Waals surface area contributed by atoms with Crippen LogP contribution in [-0.4, -0.2) is 32.2 Å². The SMILES string of the molecule is Cc1cnc2c(c1)nc(CCCOc1ccccc1)n2CCC(=O)O. The smallest absolute Gasteiger partial charge is 0.305 e. The summed E-state index contributed by atoms with van der Waals surface area (Å²) in [4.78, 5) is 20.0. The van der Waals surface area contributed by atoms with Crippen LogP contribution in [0.3, 0.4) is 0 Å². The van der Waals surface area contributed by atoms with Gasteiger partial charge in [-0.3, -0.25) is 4.79 Å². The molecule has 0 spiro atoms. The number of carbonyl (C=O) groups is 1. The van der Waals surface area contributed by atoms with Crippen molar-refractivity contribution in [3.8, 4) is 5.75 Å². The van der Waals surface area contributed by atoms with Crippen molar-refractivity contribution in [2.45, 2.75) is 32.7 Å². The van der Waals surface area contributed by atoms with Gasteiger partial charge in [0.2, 0.25) is 0 Å². The van der Waals surface area contributed by atoms with E-state index < -0.39 is 5.97 Å². The van der Waals surface area contributed by atoms with E-state index in [1.807, 2.05) is 47.9 Å². The van der Waals surface area contributed by atoms with Gasteiger partial charge < -0.3 is 14.4 Å². The molecule has 1 aromatic carbocycles. The normalized spacial score (nSPS) is 10.9. The molecule has 0 bridgehead atoms. The molecule has 2 aromatic heterocycles. The van der Waals surface area contributed by atoms with Gasteiger partial charge in [0.15, 0.2) is 5.65 Å². The molecule has 0 unspecified atom stereocenters. The van der Waals surface area contributed by atoms with Crippen LogP contribution in [-0.2, 0) is 17.8 Å². The molecule has 0 saturated heterocycles. The fourth-order valence-corrected chi connectivity index (χ4v) is 2.73. The van der Waals surface area contributed by atoms with E-state index in [2.05, 4.69) is 9.97 Å². The maximum absolute atomic E-state index is 10.9. The summed E-state index contributed by atoms with van der Waals surface area (Å²) in [7, 11) is 0. The topological polar surface area (TPSA) is 77.2 Å². The Morgan fingerprint density at radius 1 is 1.28 bits per heavy atom. The van der Waals surface area contributed by atoms with Gasteiger partial charge in [-0.2, -0.15) is 0 Å². The van der Waals surface area contributed by atoms with Crippen LogP contribution in [0.15, 0.2) is 42.6 Å².